The molecule has 0 radical (unpaired) electrons. The van der Waals surface area contributed by atoms with E-state index in [1.807, 2.05) is 6.92 Å². The normalized spacial score (nSPS) is 10.5. The molecule has 0 aliphatic rings. The molecule has 100 valence electrons. The number of aromatic nitrogens is 2. The number of hydrogen-bond acceptors (Lipinski definition) is 3. The number of rotatable bonds is 4. The Hall–Kier alpha value is -2.04. The Morgan fingerprint density at radius 2 is 2.00 bits per heavy atom. The van der Waals surface area contributed by atoms with Gasteiger partial charge in [-0.3, -0.25) is 0 Å². The zero-order valence-electron chi connectivity index (χ0n) is 10.9. The summed E-state index contributed by atoms with van der Waals surface area (Å²) in [6, 6.07) is 5.68. The Morgan fingerprint density at radius 3 is 2.74 bits per heavy atom. The van der Waals surface area contributed by atoms with Gasteiger partial charge in [-0.15, -0.1) is 0 Å². The number of nitrogens with one attached hydrogen (secondary N) is 1. The minimum Gasteiger partial charge on any atom is -0.370 e. The summed E-state index contributed by atoms with van der Waals surface area (Å²) in [5.74, 6) is -0.633. The summed E-state index contributed by atoms with van der Waals surface area (Å²) in [7, 11) is 0. The predicted octanol–water partition coefficient (Wildman–Crippen LogP) is 3.55. The van der Waals surface area contributed by atoms with Gasteiger partial charge in [-0.25, -0.2) is 18.7 Å². The quantitative estimate of drug-likeness (QED) is 0.916. The van der Waals surface area contributed by atoms with Crippen molar-refractivity contribution in [2.75, 3.05) is 11.9 Å². The Labute approximate surface area is 110 Å². The monoisotopic (exact) mass is 263 g/mol. The van der Waals surface area contributed by atoms with Crippen molar-refractivity contribution in [2.24, 2.45) is 0 Å². The molecule has 0 bridgehead atoms. The number of halogens is 2. The van der Waals surface area contributed by atoms with Gasteiger partial charge in [0, 0.05) is 18.2 Å². The third kappa shape index (κ3) is 3.05. The minimum absolute atomic E-state index is 0.144. The third-order valence-electron chi connectivity index (χ3n) is 2.62. The molecule has 1 aromatic carbocycles. The predicted molar refractivity (Wildman–Crippen MR) is 70.9 cm³/mol. The van der Waals surface area contributed by atoms with Crippen LogP contribution >= 0.6 is 0 Å². The molecule has 2 rings (SSSR count). The topological polar surface area (TPSA) is 37.8 Å². The summed E-state index contributed by atoms with van der Waals surface area (Å²) in [6.45, 7) is 4.52. The van der Waals surface area contributed by atoms with E-state index in [0.717, 1.165) is 19.0 Å². The van der Waals surface area contributed by atoms with Crippen LogP contribution in [0, 0.1) is 18.6 Å². The van der Waals surface area contributed by atoms with E-state index in [9.17, 15) is 8.78 Å². The zero-order chi connectivity index (χ0) is 13.8. The summed E-state index contributed by atoms with van der Waals surface area (Å²) < 4.78 is 27.0. The maximum absolute atomic E-state index is 13.7. The van der Waals surface area contributed by atoms with Gasteiger partial charge in [0.05, 0.1) is 5.69 Å². The highest BCUT2D eigenvalue weighted by Crippen LogP contribution is 2.24. The van der Waals surface area contributed by atoms with Crippen molar-refractivity contribution in [3.8, 4) is 11.3 Å². The Kier molecular flexibility index (Phi) is 4.04. The fraction of sp³-hybridized carbons (Fsp3) is 0.286. The largest absolute Gasteiger partial charge is 0.370 e. The average Bonchev–Trinajstić information content (AvgIpc) is 2.39. The molecule has 2 aromatic rings. The van der Waals surface area contributed by atoms with Gasteiger partial charge in [0.15, 0.2) is 11.6 Å². The first-order chi connectivity index (χ1) is 9.11. The van der Waals surface area contributed by atoms with Crippen LogP contribution in [-0.2, 0) is 0 Å². The smallest absolute Gasteiger partial charge is 0.168 e. The molecule has 0 atom stereocenters. The molecule has 0 amide bonds. The van der Waals surface area contributed by atoms with E-state index in [-0.39, 0.29) is 5.56 Å². The third-order valence-corrected chi connectivity index (χ3v) is 2.62. The van der Waals surface area contributed by atoms with Crippen molar-refractivity contribution in [1.29, 1.82) is 0 Å². The summed E-state index contributed by atoms with van der Waals surface area (Å²) in [5.41, 5.74) is 0.521. The lowest BCUT2D eigenvalue weighted by molar-refractivity contribution is 0.511. The van der Waals surface area contributed by atoms with Gasteiger partial charge in [0.1, 0.15) is 11.6 Å². The molecule has 1 N–H and O–H groups in total. The van der Waals surface area contributed by atoms with Crippen molar-refractivity contribution in [1.82, 2.24) is 9.97 Å². The first-order valence-corrected chi connectivity index (χ1v) is 6.15. The average molecular weight is 263 g/mol. The molecular formula is C14H15F2N3. The van der Waals surface area contributed by atoms with Crippen molar-refractivity contribution >= 4 is 5.82 Å². The fourth-order valence-electron chi connectivity index (χ4n) is 1.75. The van der Waals surface area contributed by atoms with Gasteiger partial charge in [-0.2, -0.15) is 0 Å². The van der Waals surface area contributed by atoms with Crippen molar-refractivity contribution in [3.63, 3.8) is 0 Å². The second-order valence-electron chi connectivity index (χ2n) is 4.21. The lowest BCUT2D eigenvalue weighted by Gasteiger charge is -2.08. The van der Waals surface area contributed by atoms with Gasteiger partial charge in [-0.05, 0) is 25.5 Å². The number of nitrogens with zero attached hydrogens (tertiary/aromatic N) is 2. The molecule has 1 heterocycles. The molecule has 0 spiro atoms. The van der Waals surface area contributed by atoms with Crippen LogP contribution < -0.4 is 5.32 Å². The minimum atomic E-state index is -0.887. The van der Waals surface area contributed by atoms with Gasteiger partial charge in [-0.1, -0.05) is 13.0 Å². The maximum atomic E-state index is 13.7. The summed E-state index contributed by atoms with van der Waals surface area (Å²) in [4.78, 5) is 8.37. The molecule has 0 aliphatic heterocycles. The van der Waals surface area contributed by atoms with Crippen LogP contribution in [0.3, 0.4) is 0 Å². The highest BCUT2D eigenvalue weighted by atomic mass is 19.2. The lowest BCUT2D eigenvalue weighted by atomic mass is 10.1. The lowest BCUT2D eigenvalue weighted by Crippen LogP contribution is -2.05. The van der Waals surface area contributed by atoms with E-state index in [1.165, 1.54) is 12.1 Å². The maximum Gasteiger partial charge on any atom is 0.168 e. The molecule has 5 heteroatoms. The molecule has 0 unspecified atom stereocenters. The summed E-state index contributed by atoms with van der Waals surface area (Å²) in [5, 5.41) is 3.11. The van der Waals surface area contributed by atoms with Crippen LogP contribution in [0.1, 0.15) is 19.2 Å². The number of benzene rings is 1. The molecule has 3 nitrogen and oxygen atoms in total. The summed E-state index contributed by atoms with van der Waals surface area (Å²) >= 11 is 0. The SMILES string of the molecule is CCCNc1cc(-c2cccc(F)c2F)nc(C)n1. The molecule has 19 heavy (non-hydrogen) atoms. The van der Waals surface area contributed by atoms with Crippen LogP contribution in [0.2, 0.25) is 0 Å². The molecular weight excluding hydrogens is 248 g/mol. The van der Waals surface area contributed by atoms with E-state index in [1.54, 1.807) is 13.0 Å². The van der Waals surface area contributed by atoms with Crippen molar-refractivity contribution in [3.05, 3.63) is 41.7 Å². The zero-order valence-corrected chi connectivity index (χ0v) is 10.9. The highest BCUT2D eigenvalue weighted by Gasteiger charge is 2.12. The van der Waals surface area contributed by atoms with Gasteiger partial charge < -0.3 is 5.32 Å². The molecule has 0 aliphatic carbocycles. The second kappa shape index (κ2) is 5.73. The Balaban J connectivity index is 2.44. The number of aryl methyl sites for hydroxylation is 1. The van der Waals surface area contributed by atoms with Crippen LogP contribution in [0.15, 0.2) is 24.3 Å². The van der Waals surface area contributed by atoms with Gasteiger partial charge >= 0.3 is 0 Å². The van der Waals surface area contributed by atoms with E-state index < -0.39 is 11.6 Å². The van der Waals surface area contributed by atoms with Crippen LogP contribution in [0.4, 0.5) is 14.6 Å². The number of anilines is 1. The number of hydrogen-bond donors (Lipinski definition) is 1. The van der Waals surface area contributed by atoms with Crippen LogP contribution in [0.25, 0.3) is 11.3 Å². The van der Waals surface area contributed by atoms with E-state index in [4.69, 9.17) is 0 Å². The first-order valence-electron chi connectivity index (χ1n) is 6.15. The highest BCUT2D eigenvalue weighted by molar-refractivity contribution is 5.63. The molecule has 0 fully saturated rings. The molecule has 0 saturated heterocycles. The van der Waals surface area contributed by atoms with Crippen LogP contribution in [-0.4, -0.2) is 16.5 Å². The Bertz CT molecular complexity index is 585. The molecule has 1 aromatic heterocycles. The fourth-order valence-corrected chi connectivity index (χ4v) is 1.75. The standard InChI is InChI=1S/C14H15F2N3/c1-3-7-17-13-8-12(18-9(2)19-13)10-5-4-6-11(15)14(10)16/h4-6,8H,3,7H2,1-2H3,(H,17,18,19). The van der Waals surface area contributed by atoms with Crippen molar-refractivity contribution in [2.45, 2.75) is 20.3 Å². The van der Waals surface area contributed by atoms with Crippen LogP contribution in [0.5, 0.6) is 0 Å². The second-order valence-corrected chi connectivity index (χ2v) is 4.21. The van der Waals surface area contributed by atoms with Crippen molar-refractivity contribution < 1.29 is 8.78 Å². The summed E-state index contributed by atoms with van der Waals surface area (Å²) in [6.07, 6.45) is 0.951. The van der Waals surface area contributed by atoms with Gasteiger partial charge in [0.2, 0.25) is 0 Å². The Morgan fingerprint density at radius 1 is 1.21 bits per heavy atom. The first kappa shape index (κ1) is 13.4. The van der Waals surface area contributed by atoms with E-state index in [0.29, 0.717) is 17.3 Å². The van der Waals surface area contributed by atoms with Gasteiger partial charge in [0.25, 0.3) is 0 Å². The van der Waals surface area contributed by atoms with E-state index >= 15 is 0 Å². The van der Waals surface area contributed by atoms with E-state index in [2.05, 4.69) is 15.3 Å². The molecule has 0 saturated carbocycles.